The van der Waals surface area contributed by atoms with Crippen LogP contribution in [0.4, 0.5) is 10.8 Å². The lowest BCUT2D eigenvalue weighted by Crippen LogP contribution is -2.33. The molecule has 0 radical (unpaired) electrons. The molecule has 2 heterocycles. The SMILES string of the molecule is O=C(Nc1nccs1)C1CNc2ccccc2C1. The third-order valence-electron chi connectivity index (χ3n) is 3.06. The highest BCUT2D eigenvalue weighted by molar-refractivity contribution is 7.13. The second kappa shape index (κ2) is 4.78. The molecule has 5 heteroatoms. The van der Waals surface area contributed by atoms with Gasteiger partial charge in [0.1, 0.15) is 0 Å². The number of anilines is 2. The monoisotopic (exact) mass is 259 g/mol. The van der Waals surface area contributed by atoms with Crippen LogP contribution in [0.15, 0.2) is 35.8 Å². The summed E-state index contributed by atoms with van der Waals surface area (Å²) in [6, 6.07) is 8.11. The largest absolute Gasteiger partial charge is 0.384 e. The predicted octanol–water partition coefficient (Wildman–Crippen LogP) is 2.37. The van der Waals surface area contributed by atoms with Crippen LogP contribution in [0.5, 0.6) is 0 Å². The molecule has 0 saturated carbocycles. The van der Waals surface area contributed by atoms with Crippen LogP contribution in [-0.4, -0.2) is 17.4 Å². The first-order chi connectivity index (χ1) is 8.83. The number of carbonyl (C=O) groups is 1. The maximum atomic E-state index is 12.1. The van der Waals surface area contributed by atoms with E-state index in [0.29, 0.717) is 11.7 Å². The molecule has 0 bridgehead atoms. The average molecular weight is 259 g/mol. The standard InChI is InChI=1S/C13H13N3OS/c17-12(16-13-14-5-6-18-13)10-7-9-3-1-2-4-11(9)15-8-10/h1-6,10,15H,7-8H2,(H,14,16,17). The number of hydrogen-bond donors (Lipinski definition) is 2. The van der Waals surface area contributed by atoms with Gasteiger partial charge in [0.05, 0.1) is 5.92 Å². The number of fused-ring (bicyclic) bond motifs is 1. The van der Waals surface area contributed by atoms with Gasteiger partial charge in [-0.1, -0.05) is 18.2 Å². The lowest BCUT2D eigenvalue weighted by Gasteiger charge is -2.24. The van der Waals surface area contributed by atoms with Gasteiger partial charge in [-0.15, -0.1) is 11.3 Å². The molecule has 1 aliphatic heterocycles. The number of carbonyl (C=O) groups excluding carboxylic acids is 1. The van der Waals surface area contributed by atoms with E-state index in [2.05, 4.69) is 21.7 Å². The van der Waals surface area contributed by atoms with Crippen LogP contribution in [0.2, 0.25) is 0 Å². The van der Waals surface area contributed by atoms with E-state index in [1.165, 1.54) is 16.9 Å². The maximum absolute atomic E-state index is 12.1. The molecule has 0 spiro atoms. The fourth-order valence-electron chi connectivity index (χ4n) is 2.12. The summed E-state index contributed by atoms with van der Waals surface area (Å²) in [5.41, 5.74) is 2.33. The number of hydrogen-bond acceptors (Lipinski definition) is 4. The van der Waals surface area contributed by atoms with Crippen molar-refractivity contribution in [3.05, 3.63) is 41.4 Å². The summed E-state index contributed by atoms with van der Waals surface area (Å²) in [4.78, 5) is 16.2. The van der Waals surface area contributed by atoms with Crippen LogP contribution in [0.3, 0.4) is 0 Å². The Bertz CT molecular complexity index is 553. The molecule has 4 nitrogen and oxygen atoms in total. The van der Waals surface area contributed by atoms with Crippen molar-refractivity contribution in [2.24, 2.45) is 5.92 Å². The Morgan fingerprint density at radius 2 is 2.33 bits per heavy atom. The normalized spacial score (nSPS) is 17.7. The quantitative estimate of drug-likeness (QED) is 0.870. The van der Waals surface area contributed by atoms with Gasteiger partial charge in [0.15, 0.2) is 5.13 Å². The number of benzene rings is 1. The van der Waals surface area contributed by atoms with E-state index in [4.69, 9.17) is 0 Å². The Kier molecular flexibility index (Phi) is 2.98. The van der Waals surface area contributed by atoms with Crippen molar-refractivity contribution >= 4 is 28.1 Å². The summed E-state index contributed by atoms with van der Waals surface area (Å²) in [6.45, 7) is 0.675. The molecule has 1 aromatic carbocycles. The highest BCUT2D eigenvalue weighted by atomic mass is 32.1. The Balaban J connectivity index is 1.70. The van der Waals surface area contributed by atoms with Crippen molar-refractivity contribution in [3.63, 3.8) is 0 Å². The van der Waals surface area contributed by atoms with Gasteiger partial charge >= 0.3 is 0 Å². The van der Waals surface area contributed by atoms with Crippen LogP contribution in [-0.2, 0) is 11.2 Å². The van der Waals surface area contributed by atoms with Crippen LogP contribution in [0, 0.1) is 5.92 Å². The second-order valence-electron chi connectivity index (χ2n) is 4.27. The van der Waals surface area contributed by atoms with Crippen LogP contribution < -0.4 is 10.6 Å². The van der Waals surface area contributed by atoms with Crippen molar-refractivity contribution < 1.29 is 4.79 Å². The van der Waals surface area contributed by atoms with Crippen molar-refractivity contribution in [1.29, 1.82) is 0 Å². The molecular formula is C13H13N3OS. The van der Waals surface area contributed by atoms with Gasteiger partial charge in [0.25, 0.3) is 0 Å². The Hall–Kier alpha value is -1.88. The van der Waals surface area contributed by atoms with E-state index in [1.54, 1.807) is 6.20 Å². The molecule has 0 saturated heterocycles. The predicted molar refractivity (Wildman–Crippen MR) is 72.9 cm³/mol. The van der Waals surface area contributed by atoms with Crippen molar-refractivity contribution in [2.45, 2.75) is 6.42 Å². The number of nitrogens with one attached hydrogen (secondary N) is 2. The van der Waals surface area contributed by atoms with E-state index in [-0.39, 0.29) is 11.8 Å². The van der Waals surface area contributed by atoms with Crippen molar-refractivity contribution in [2.75, 3.05) is 17.2 Å². The number of para-hydroxylation sites is 1. The second-order valence-corrected chi connectivity index (χ2v) is 5.16. The van der Waals surface area contributed by atoms with Gasteiger partial charge in [-0.25, -0.2) is 4.98 Å². The minimum Gasteiger partial charge on any atom is -0.384 e. The summed E-state index contributed by atoms with van der Waals surface area (Å²) in [6.07, 6.45) is 2.47. The Labute approximate surface area is 109 Å². The molecule has 92 valence electrons. The van der Waals surface area contributed by atoms with E-state index >= 15 is 0 Å². The van der Waals surface area contributed by atoms with Gasteiger partial charge in [0.2, 0.25) is 5.91 Å². The Morgan fingerprint density at radius 1 is 1.44 bits per heavy atom. The number of amides is 1. The maximum Gasteiger partial charge on any atom is 0.231 e. The van der Waals surface area contributed by atoms with E-state index < -0.39 is 0 Å². The number of aromatic nitrogens is 1. The average Bonchev–Trinajstić information content (AvgIpc) is 2.91. The number of nitrogens with zero attached hydrogens (tertiary/aromatic N) is 1. The molecule has 2 N–H and O–H groups in total. The van der Waals surface area contributed by atoms with Gasteiger partial charge in [-0.05, 0) is 18.1 Å². The molecule has 3 rings (SSSR count). The van der Waals surface area contributed by atoms with Gasteiger partial charge in [0, 0.05) is 23.8 Å². The molecule has 0 fully saturated rings. The molecule has 1 aliphatic rings. The van der Waals surface area contributed by atoms with Gasteiger partial charge in [-0.3, -0.25) is 4.79 Å². The molecule has 1 unspecified atom stereocenters. The van der Waals surface area contributed by atoms with E-state index in [9.17, 15) is 4.79 Å². The lowest BCUT2D eigenvalue weighted by molar-refractivity contribution is -0.119. The summed E-state index contributed by atoms with van der Waals surface area (Å²) >= 11 is 1.44. The first-order valence-electron chi connectivity index (χ1n) is 5.85. The summed E-state index contributed by atoms with van der Waals surface area (Å²) in [5, 5.41) is 8.66. The highest BCUT2D eigenvalue weighted by Crippen LogP contribution is 2.25. The summed E-state index contributed by atoms with van der Waals surface area (Å²) < 4.78 is 0. The molecule has 1 atom stereocenters. The molecule has 2 aromatic rings. The molecule has 1 amide bonds. The number of thiazole rings is 1. The van der Waals surface area contributed by atoms with E-state index in [0.717, 1.165) is 12.1 Å². The third-order valence-corrected chi connectivity index (χ3v) is 3.74. The smallest absolute Gasteiger partial charge is 0.231 e. The zero-order valence-corrected chi connectivity index (χ0v) is 10.5. The Morgan fingerprint density at radius 3 is 3.17 bits per heavy atom. The highest BCUT2D eigenvalue weighted by Gasteiger charge is 2.24. The topological polar surface area (TPSA) is 54.0 Å². The number of rotatable bonds is 2. The minimum atomic E-state index is -0.0381. The third kappa shape index (κ3) is 2.22. The molecule has 1 aromatic heterocycles. The minimum absolute atomic E-state index is 0.0342. The van der Waals surface area contributed by atoms with Gasteiger partial charge in [-0.2, -0.15) is 0 Å². The molecule has 18 heavy (non-hydrogen) atoms. The fraction of sp³-hybridized carbons (Fsp3) is 0.231. The van der Waals surface area contributed by atoms with Crippen LogP contribution in [0.25, 0.3) is 0 Å². The fourth-order valence-corrected chi connectivity index (χ4v) is 2.65. The zero-order chi connectivity index (χ0) is 12.4. The molecular weight excluding hydrogens is 246 g/mol. The van der Waals surface area contributed by atoms with Crippen molar-refractivity contribution in [3.8, 4) is 0 Å². The lowest BCUT2D eigenvalue weighted by atomic mass is 9.93. The van der Waals surface area contributed by atoms with Gasteiger partial charge < -0.3 is 10.6 Å². The molecule has 0 aliphatic carbocycles. The van der Waals surface area contributed by atoms with Crippen LogP contribution >= 0.6 is 11.3 Å². The summed E-state index contributed by atoms with van der Waals surface area (Å²) in [7, 11) is 0. The zero-order valence-electron chi connectivity index (χ0n) is 9.72. The van der Waals surface area contributed by atoms with E-state index in [1.807, 2.05) is 23.6 Å². The van der Waals surface area contributed by atoms with Crippen molar-refractivity contribution in [1.82, 2.24) is 4.98 Å². The summed E-state index contributed by atoms with van der Waals surface area (Å²) in [5.74, 6) is -0.00393. The first kappa shape index (κ1) is 11.2. The first-order valence-corrected chi connectivity index (χ1v) is 6.73. The van der Waals surface area contributed by atoms with Crippen LogP contribution in [0.1, 0.15) is 5.56 Å².